The third-order valence-electron chi connectivity index (χ3n) is 2.27. The normalized spacial score (nSPS) is 15.9. The summed E-state index contributed by atoms with van der Waals surface area (Å²) in [4.78, 5) is 24.3. The molecule has 1 heterocycles. The van der Waals surface area contributed by atoms with Gasteiger partial charge in [0.2, 0.25) is 5.91 Å². The zero-order valence-corrected chi connectivity index (χ0v) is 10.3. The third-order valence-corrected chi connectivity index (χ3v) is 3.21. The van der Waals surface area contributed by atoms with Crippen molar-refractivity contribution >= 4 is 23.6 Å². The highest BCUT2D eigenvalue weighted by Gasteiger charge is 2.16. The first-order valence-electron chi connectivity index (χ1n) is 5.24. The molecule has 0 spiro atoms. The van der Waals surface area contributed by atoms with E-state index in [1.165, 1.54) is 18.9 Å². The molecule has 0 N–H and O–H groups in total. The topological polar surface area (TPSA) is 55.8 Å². The van der Waals surface area contributed by atoms with Crippen molar-refractivity contribution < 1.29 is 19.1 Å². The molecular formula is C10H17NO4S. The fraction of sp³-hybridized carbons (Fsp3) is 0.800. The largest absolute Gasteiger partial charge is 0.469 e. The summed E-state index contributed by atoms with van der Waals surface area (Å²) in [5, 5.41) is 0. The smallest absolute Gasteiger partial charge is 0.306 e. The van der Waals surface area contributed by atoms with Crippen LogP contribution in [0.1, 0.15) is 6.42 Å². The summed E-state index contributed by atoms with van der Waals surface area (Å²) in [6.45, 7) is 2.60. The molecule has 92 valence electrons. The number of nitrogens with zero attached hydrogens (tertiary/aromatic N) is 1. The van der Waals surface area contributed by atoms with Crippen LogP contribution in [0.5, 0.6) is 0 Å². The van der Waals surface area contributed by atoms with Crippen LogP contribution >= 0.6 is 11.8 Å². The van der Waals surface area contributed by atoms with Gasteiger partial charge in [-0.3, -0.25) is 9.59 Å². The van der Waals surface area contributed by atoms with E-state index >= 15 is 0 Å². The number of carbonyl (C=O) groups is 2. The molecule has 1 saturated heterocycles. The van der Waals surface area contributed by atoms with Crippen LogP contribution in [0.4, 0.5) is 0 Å². The predicted molar refractivity (Wildman–Crippen MR) is 61.4 cm³/mol. The molecule has 0 aromatic rings. The van der Waals surface area contributed by atoms with Gasteiger partial charge in [0.15, 0.2) is 0 Å². The molecule has 1 amide bonds. The molecule has 0 saturated carbocycles. The number of hydrogen-bond acceptors (Lipinski definition) is 5. The van der Waals surface area contributed by atoms with Gasteiger partial charge in [-0.05, 0) is 0 Å². The van der Waals surface area contributed by atoms with Crippen LogP contribution in [0.15, 0.2) is 0 Å². The molecule has 16 heavy (non-hydrogen) atoms. The molecule has 0 aliphatic carbocycles. The Kier molecular flexibility index (Phi) is 6.25. The molecule has 1 aliphatic rings. The molecular weight excluding hydrogens is 230 g/mol. The summed E-state index contributed by atoms with van der Waals surface area (Å²) in [5.41, 5.74) is 0. The fourth-order valence-corrected chi connectivity index (χ4v) is 2.13. The Morgan fingerprint density at radius 1 is 1.38 bits per heavy atom. The molecule has 5 nitrogen and oxygen atoms in total. The Morgan fingerprint density at radius 3 is 2.69 bits per heavy atom. The van der Waals surface area contributed by atoms with Gasteiger partial charge in [-0.2, -0.15) is 11.8 Å². The molecule has 0 radical (unpaired) electrons. The van der Waals surface area contributed by atoms with Crippen molar-refractivity contribution in [2.75, 3.05) is 44.9 Å². The van der Waals surface area contributed by atoms with E-state index in [1.807, 2.05) is 0 Å². The zero-order valence-electron chi connectivity index (χ0n) is 9.44. The highest BCUT2D eigenvalue weighted by atomic mass is 32.2. The monoisotopic (exact) mass is 247 g/mol. The minimum absolute atomic E-state index is 0.123. The molecule has 0 bridgehead atoms. The Hall–Kier alpha value is -0.750. The standard InChI is InChI=1S/C10H17NO4S/c1-14-10(13)2-7-16-8-9(12)11-3-5-15-6-4-11/h2-8H2,1H3. The third kappa shape index (κ3) is 4.85. The van der Waals surface area contributed by atoms with E-state index in [0.717, 1.165) is 0 Å². The second kappa shape index (κ2) is 7.51. The van der Waals surface area contributed by atoms with E-state index < -0.39 is 0 Å². The number of hydrogen-bond donors (Lipinski definition) is 0. The SMILES string of the molecule is COC(=O)CCSCC(=O)N1CCOCC1. The summed E-state index contributed by atoms with van der Waals surface area (Å²) in [6.07, 6.45) is 0.359. The van der Waals surface area contributed by atoms with Crippen LogP contribution in [-0.2, 0) is 19.1 Å². The molecule has 0 aromatic carbocycles. The summed E-state index contributed by atoms with van der Waals surface area (Å²) >= 11 is 1.47. The number of rotatable bonds is 5. The average Bonchev–Trinajstić information content (AvgIpc) is 2.35. The van der Waals surface area contributed by atoms with Crippen molar-refractivity contribution in [2.45, 2.75) is 6.42 Å². The molecule has 0 unspecified atom stereocenters. The fourth-order valence-electron chi connectivity index (χ4n) is 1.32. The second-order valence-corrected chi connectivity index (χ2v) is 4.48. The van der Waals surface area contributed by atoms with Crippen molar-refractivity contribution in [1.82, 2.24) is 4.90 Å². The Morgan fingerprint density at radius 2 is 2.06 bits per heavy atom. The molecule has 0 aromatic heterocycles. The van der Waals surface area contributed by atoms with Crippen LogP contribution < -0.4 is 0 Å². The van der Waals surface area contributed by atoms with Crippen LogP contribution in [0.3, 0.4) is 0 Å². The second-order valence-electron chi connectivity index (χ2n) is 3.37. The molecule has 6 heteroatoms. The lowest BCUT2D eigenvalue weighted by Gasteiger charge is -2.26. The van der Waals surface area contributed by atoms with E-state index in [1.54, 1.807) is 4.90 Å². The molecule has 1 aliphatic heterocycles. The van der Waals surface area contributed by atoms with E-state index in [9.17, 15) is 9.59 Å². The van der Waals surface area contributed by atoms with Gasteiger partial charge in [0.25, 0.3) is 0 Å². The predicted octanol–water partition coefficient (Wildman–Crippen LogP) is 0.141. The molecule has 0 atom stereocenters. The van der Waals surface area contributed by atoms with Crippen LogP contribution in [-0.4, -0.2) is 61.7 Å². The van der Waals surface area contributed by atoms with Gasteiger partial charge in [0, 0.05) is 18.8 Å². The number of ether oxygens (including phenoxy) is 2. The maximum Gasteiger partial charge on any atom is 0.306 e. The molecule has 1 fully saturated rings. The maximum absolute atomic E-state index is 11.6. The van der Waals surface area contributed by atoms with Crippen molar-refractivity contribution in [1.29, 1.82) is 0 Å². The van der Waals surface area contributed by atoms with Crippen LogP contribution in [0.25, 0.3) is 0 Å². The van der Waals surface area contributed by atoms with Crippen molar-refractivity contribution in [3.05, 3.63) is 0 Å². The Bertz CT molecular complexity index is 241. The van der Waals surface area contributed by atoms with Gasteiger partial charge in [-0.1, -0.05) is 0 Å². The number of methoxy groups -OCH3 is 1. The van der Waals surface area contributed by atoms with Gasteiger partial charge >= 0.3 is 5.97 Å². The lowest BCUT2D eigenvalue weighted by molar-refractivity contribution is -0.140. The number of carbonyl (C=O) groups excluding carboxylic acids is 2. The van der Waals surface area contributed by atoms with Crippen LogP contribution in [0.2, 0.25) is 0 Å². The number of thioether (sulfide) groups is 1. The van der Waals surface area contributed by atoms with Gasteiger partial charge < -0.3 is 14.4 Å². The van der Waals surface area contributed by atoms with Gasteiger partial charge in [-0.15, -0.1) is 0 Å². The van der Waals surface area contributed by atoms with Gasteiger partial charge in [-0.25, -0.2) is 0 Å². The summed E-state index contributed by atoms with van der Waals surface area (Å²) in [5.74, 6) is 0.948. The zero-order chi connectivity index (χ0) is 11.8. The number of morpholine rings is 1. The van der Waals surface area contributed by atoms with Crippen molar-refractivity contribution in [3.8, 4) is 0 Å². The van der Waals surface area contributed by atoms with Crippen molar-refractivity contribution in [3.63, 3.8) is 0 Å². The lowest BCUT2D eigenvalue weighted by atomic mass is 10.4. The van der Waals surface area contributed by atoms with E-state index in [4.69, 9.17) is 4.74 Å². The van der Waals surface area contributed by atoms with E-state index in [2.05, 4.69) is 4.74 Å². The summed E-state index contributed by atoms with van der Waals surface area (Å²) < 4.78 is 9.67. The van der Waals surface area contributed by atoms with Gasteiger partial charge in [0.05, 0.1) is 32.5 Å². The summed E-state index contributed by atoms with van der Waals surface area (Å²) in [7, 11) is 1.37. The maximum atomic E-state index is 11.6. The first kappa shape index (κ1) is 13.3. The number of esters is 1. The van der Waals surface area contributed by atoms with E-state index in [0.29, 0.717) is 44.2 Å². The number of amides is 1. The lowest BCUT2D eigenvalue weighted by Crippen LogP contribution is -2.41. The first-order valence-corrected chi connectivity index (χ1v) is 6.39. The minimum Gasteiger partial charge on any atom is -0.469 e. The first-order chi connectivity index (χ1) is 7.74. The quantitative estimate of drug-likeness (QED) is 0.511. The Labute approximate surface area is 99.5 Å². The van der Waals surface area contributed by atoms with E-state index in [-0.39, 0.29) is 11.9 Å². The highest BCUT2D eigenvalue weighted by Crippen LogP contribution is 2.06. The minimum atomic E-state index is -0.230. The van der Waals surface area contributed by atoms with Gasteiger partial charge in [0.1, 0.15) is 0 Å². The Balaban J connectivity index is 2.07. The average molecular weight is 247 g/mol. The highest BCUT2D eigenvalue weighted by molar-refractivity contribution is 7.99. The summed E-state index contributed by atoms with van der Waals surface area (Å²) in [6, 6.07) is 0. The molecule has 1 rings (SSSR count). The van der Waals surface area contributed by atoms with Crippen molar-refractivity contribution in [2.24, 2.45) is 0 Å². The van der Waals surface area contributed by atoms with Crippen LogP contribution in [0, 0.1) is 0 Å².